The van der Waals surface area contributed by atoms with E-state index < -0.39 is 5.92 Å². The zero-order valence-corrected chi connectivity index (χ0v) is 13.6. The molecule has 122 valence electrons. The number of carbonyl (C=O) groups excluding carboxylic acids is 1. The number of carbonyl (C=O) groups is 1. The number of benzene rings is 2. The summed E-state index contributed by atoms with van der Waals surface area (Å²) in [6, 6.07) is 11.3. The number of hydrogen-bond acceptors (Lipinski definition) is 1. The first-order valence-corrected chi connectivity index (χ1v) is 7.70. The first-order chi connectivity index (χ1) is 10.8. The Hall–Kier alpha value is -2.23. The van der Waals surface area contributed by atoms with Gasteiger partial charge >= 0.3 is 0 Å². The van der Waals surface area contributed by atoms with Crippen molar-refractivity contribution in [2.75, 3.05) is 5.32 Å². The van der Waals surface area contributed by atoms with E-state index in [1.54, 1.807) is 12.1 Å². The molecule has 2 rings (SSSR count). The largest absolute Gasteiger partial charge is 0.322 e. The Morgan fingerprint density at radius 2 is 1.91 bits per heavy atom. The maximum absolute atomic E-state index is 13.4. The zero-order valence-electron chi connectivity index (χ0n) is 13.6. The van der Waals surface area contributed by atoms with Crippen molar-refractivity contribution in [3.8, 4) is 0 Å². The molecule has 0 radical (unpaired) electrons. The predicted molar refractivity (Wildman–Crippen MR) is 89.1 cm³/mol. The Balaban J connectivity index is 2.18. The van der Waals surface area contributed by atoms with Crippen LogP contribution in [-0.2, 0) is 12.3 Å². The predicted octanol–water partition coefficient (Wildman–Crippen LogP) is 5.31. The van der Waals surface area contributed by atoms with Gasteiger partial charge in [0.1, 0.15) is 0 Å². The molecule has 0 bridgehead atoms. The third kappa shape index (κ3) is 4.38. The van der Waals surface area contributed by atoms with Crippen LogP contribution in [0.2, 0.25) is 0 Å². The Labute approximate surface area is 135 Å². The van der Waals surface area contributed by atoms with Gasteiger partial charge in [-0.25, -0.2) is 8.78 Å². The van der Waals surface area contributed by atoms with Crippen LogP contribution < -0.4 is 5.32 Å². The summed E-state index contributed by atoms with van der Waals surface area (Å²) in [4.78, 5) is 12.3. The molecule has 1 N–H and O–H groups in total. The van der Waals surface area contributed by atoms with Crippen molar-refractivity contribution in [3.63, 3.8) is 0 Å². The van der Waals surface area contributed by atoms with Gasteiger partial charge in [-0.2, -0.15) is 0 Å². The Bertz CT molecular complexity index is 705. The highest BCUT2D eigenvalue weighted by atomic mass is 19.3. The summed E-state index contributed by atoms with van der Waals surface area (Å²) < 4.78 is 26.7. The summed E-state index contributed by atoms with van der Waals surface area (Å²) in [6.45, 7) is 4.92. The van der Waals surface area contributed by atoms with Crippen LogP contribution in [0.25, 0.3) is 0 Å². The first kappa shape index (κ1) is 17.1. The van der Waals surface area contributed by atoms with Crippen molar-refractivity contribution in [2.24, 2.45) is 0 Å². The van der Waals surface area contributed by atoms with Crippen molar-refractivity contribution < 1.29 is 13.6 Å². The molecule has 0 saturated heterocycles. The molecular formula is C19H21F2NO. The summed E-state index contributed by atoms with van der Waals surface area (Å²) in [5.74, 6) is -3.23. The second kappa shape index (κ2) is 6.90. The van der Waals surface area contributed by atoms with Gasteiger partial charge in [0.2, 0.25) is 0 Å². The highest BCUT2D eigenvalue weighted by Gasteiger charge is 2.24. The Morgan fingerprint density at radius 1 is 1.17 bits per heavy atom. The van der Waals surface area contributed by atoms with Crippen molar-refractivity contribution in [2.45, 2.75) is 39.5 Å². The highest BCUT2D eigenvalue weighted by molar-refractivity contribution is 6.04. The molecule has 2 aromatic carbocycles. The molecule has 0 heterocycles. The van der Waals surface area contributed by atoms with E-state index in [1.807, 2.05) is 19.1 Å². The lowest BCUT2D eigenvalue weighted by Crippen LogP contribution is -2.14. The molecule has 0 atom stereocenters. The molecule has 0 unspecified atom stereocenters. The molecule has 4 heteroatoms. The van der Waals surface area contributed by atoms with Crippen molar-refractivity contribution in [1.82, 2.24) is 0 Å². The van der Waals surface area contributed by atoms with E-state index in [4.69, 9.17) is 0 Å². The number of rotatable bonds is 5. The van der Waals surface area contributed by atoms with E-state index in [-0.39, 0.29) is 11.5 Å². The summed E-state index contributed by atoms with van der Waals surface area (Å²) in [7, 11) is 0. The number of nitrogens with one attached hydrogen (secondary N) is 1. The minimum absolute atomic E-state index is 0.121. The average molecular weight is 317 g/mol. The second-order valence-corrected chi connectivity index (χ2v) is 5.81. The van der Waals surface area contributed by atoms with Gasteiger partial charge in [0.25, 0.3) is 11.8 Å². The smallest absolute Gasteiger partial charge is 0.270 e. The fourth-order valence-corrected chi connectivity index (χ4v) is 2.46. The number of amides is 1. The maximum atomic E-state index is 13.4. The van der Waals surface area contributed by atoms with Gasteiger partial charge < -0.3 is 5.32 Å². The third-order valence-corrected chi connectivity index (χ3v) is 3.75. The number of aryl methyl sites for hydroxylation is 2. The Kier molecular flexibility index (Phi) is 5.14. The summed E-state index contributed by atoms with van der Waals surface area (Å²) >= 11 is 0. The molecule has 1 amide bonds. The minimum atomic E-state index is -2.93. The lowest BCUT2D eigenvalue weighted by atomic mass is 10.0. The van der Waals surface area contributed by atoms with E-state index in [1.165, 1.54) is 23.8 Å². The molecule has 0 aromatic heterocycles. The monoisotopic (exact) mass is 317 g/mol. The molecule has 0 fully saturated rings. The molecular weight excluding hydrogens is 296 g/mol. The summed E-state index contributed by atoms with van der Waals surface area (Å²) in [5.41, 5.74) is 3.05. The lowest BCUT2D eigenvalue weighted by Gasteiger charge is -2.13. The first-order valence-electron chi connectivity index (χ1n) is 7.70. The molecule has 0 spiro atoms. The van der Waals surface area contributed by atoms with Crippen molar-refractivity contribution in [1.29, 1.82) is 0 Å². The van der Waals surface area contributed by atoms with E-state index in [0.717, 1.165) is 25.3 Å². The average Bonchev–Trinajstić information content (AvgIpc) is 2.49. The minimum Gasteiger partial charge on any atom is -0.322 e. The van der Waals surface area contributed by atoms with Crippen molar-refractivity contribution >= 4 is 11.6 Å². The van der Waals surface area contributed by atoms with Crippen LogP contribution in [-0.4, -0.2) is 5.91 Å². The standard InChI is InChI=1S/C19H21F2NO/c1-4-6-14-9-10-15(11-13(14)2)18(23)22-17-8-5-7-16(12-17)19(3,20)21/h5,7-12H,4,6H2,1-3H3,(H,22,23). The van der Waals surface area contributed by atoms with Gasteiger partial charge in [-0.1, -0.05) is 31.5 Å². The molecule has 2 aromatic rings. The summed E-state index contributed by atoms with van der Waals surface area (Å²) in [5, 5.41) is 2.68. The van der Waals surface area contributed by atoms with Crippen LogP contribution in [0.5, 0.6) is 0 Å². The molecule has 23 heavy (non-hydrogen) atoms. The lowest BCUT2D eigenvalue weighted by molar-refractivity contribution is 0.0175. The van der Waals surface area contributed by atoms with Crippen LogP contribution in [0.3, 0.4) is 0 Å². The van der Waals surface area contributed by atoms with Gasteiger partial charge in [0.05, 0.1) is 0 Å². The fraction of sp³-hybridized carbons (Fsp3) is 0.316. The SMILES string of the molecule is CCCc1ccc(C(=O)Nc2cccc(C(C)(F)F)c2)cc1C. The molecule has 0 aliphatic heterocycles. The van der Waals surface area contributed by atoms with Gasteiger partial charge in [-0.15, -0.1) is 0 Å². The van der Waals surface area contributed by atoms with Gasteiger partial charge in [-0.3, -0.25) is 4.79 Å². The molecule has 0 aliphatic rings. The fourth-order valence-electron chi connectivity index (χ4n) is 2.46. The number of halogens is 2. The third-order valence-electron chi connectivity index (χ3n) is 3.75. The van der Waals surface area contributed by atoms with E-state index >= 15 is 0 Å². The maximum Gasteiger partial charge on any atom is 0.270 e. The molecule has 2 nitrogen and oxygen atoms in total. The quantitative estimate of drug-likeness (QED) is 0.795. The Morgan fingerprint density at radius 3 is 2.52 bits per heavy atom. The zero-order chi connectivity index (χ0) is 17.0. The summed E-state index contributed by atoms with van der Waals surface area (Å²) in [6.07, 6.45) is 2.02. The van der Waals surface area contributed by atoms with Crippen LogP contribution in [0, 0.1) is 6.92 Å². The molecule has 0 aliphatic carbocycles. The van der Waals surface area contributed by atoms with E-state index in [0.29, 0.717) is 11.3 Å². The van der Waals surface area contributed by atoms with Crippen LogP contribution >= 0.6 is 0 Å². The highest BCUT2D eigenvalue weighted by Crippen LogP contribution is 2.28. The number of anilines is 1. The van der Waals surface area contributed by atoms with Crippen LogP contribution in [0.15, 0.2) is 42.5 Å². The van der Waals surface area contributed by atoms with Crippen molar-refractivity contribution in [3.05, 3.63) is 64.7 Å². The number of alkyl halides is 2. The molecule has 0 saturated carbocycles. The number of hydrogen-bond donors (Lipinski definition) is 1. The van der Waals surface area contributed by atoms with Gasteiger partial charge in [0.15, 0.2) is 0 Å². The normalized spacial score (nSPS) is 11.3. The van der Waals surface area contributed by atoms with Gasteiger partial charge in [0, 0.05) is 23.7 Å². The second-order valence-electron chi connectivity index (χ2n) is 5.81. The van der Waals surface area contributed by atoms with Crippen LogP contribution in [0.4, 0.5) is 14.5 Å². The van der Waals surface area contributed by atoms with E-state index in [2.05, 4.69) is 12.2 Å². The van der Waals surface area contributed by atoms with E-state index in [9.17, 15) is 13.6 Å². The van der Waals surface area contributed by atoms with Crippen LogP contribution in [0.1, 0.15) is 47.3 Å². The van der Waals surface area contributed by atoms with Gasteiger partial charge in [-0.05, 0) is 48.7 Å². The topological polar surface area (TPSA) is 29.1 Å².